The number of nitrogens with one attached hydrogen (secondary N) is 1. The zero-order chi connectivity index (χ0) is 13.9. The van der Waals surface area contributed by atoms with Crippen LogP contribution in [-0.4, -0.2) is 20.9 Å². The van der Waals surface area contributed by atoms with Gasteiger partial charge < -0.3 is 5.32 Å². The van der Waals surface area contributed by atoms with Crippen LogP contribution in [0.5, 0.6) is 0 Å². The molecule has 1 N–H and O–H groups in total. The van der Waals surface area contributed by atoms with Crippen LogP contribution >= 0.6 is 10.7 Å². The highest BCUT2D eigenvalue weighted by Gasteiger charge is 2.17. The van der Waals surface area contributed by atoms with Gasteiger partial charge in [-0.1, -0.05) is 25.3 Å². The Kier molecular flexibility index (Phi) is 4.47. The van der Waals surface area contributed by atoms with Gasteiger partial charge in [0.25, 0.3) is 15.0 Å². The maximum atomic E-state index is 11.9. The van der Waals surface area contributed by atoms with Crippen LogP contribution in [0.1, 0.15) is 36.0 Å². The summed E-state index contributed by atoms with van der Waals surface area (Å²) in [6, 6.07) is 5.74. The predicted octanol–water partition coefficient (Wildman–Crippen LogP) is 2.53. The summed E-state index contributed by atoms with van der Waals surface area (Å²) in [5.74, 6) is 0.469. The fraction of sp³-hybridized carbons (Fsp3) is 0.462. The Morgan fingerprint density at radius 2 is 2.11 bits per heavy atom. The Morgan fingerprint density at radius 3 is 2.68 bits per heavy atom. The van der Waals surface area contributed by atoms with E-state index in [4.69, 9.17) is 10.7 Å². The molecule has 1 aromatic carbocycles. The summed E-state index contributed by atoms with van der Waals surface area (Å²) >= 11 is 0. The van der Waals surface area contributed by atoms with Crippen molar-refractivity contribution in [2.45, 2.75) is 30.6 Å². The quantitative estimate of drug-likeness (QED) is 0.850. The molecule has 1 aliphatic carbocycles. The number of halogens is 1. The number of carbonyl (C=O) groups is 1. The van der Waals surface area contributed by atoms with Crippen LogP contribution < -0.4 is 5.32 Å². The zero-order valence-electron chi connectivity index (χ0n) is 10.4. The average molecular weight is 302 g/mol. The fourth-order valence-electron chi connectivity index (χ4n) is 2.06. The highest BCUT2D eigenvalue weighted by molar-refractivity contribution is 8.13. The van der Waals surface area contributed by atoms with E-state index in [0.29, 0.717) is 12.1 Å². The molecule has 1 aromatic rings. The van der Waals surface area contributed by atoms with E-state index in [1.54, 1.807) is 6.07 Å². The van der Waals surface area contributed by atoms with Crippen LogP contribution in [-0.2, 0) is 9.05 Å². The second-order valence-electron chi connectivity index (χ2n) is 4.81. The van der Waals surface area contributed by atoms with Gasteiger partial charge in [-0.05, 0) is 30.5 Å². The lowest BCUT2D eigenvalue weighted by atomic mass is 9.83. The van der Waals surface area contributed by atoms with Crippen LogP contribution in [0, 0.1) is 5.92 Å². The number of rotatable bonds is 5. The summed E-state index contributed by atoms with van der Waals surface area (Å²) < 4.78 is 22.4. The Hall–Kier alpha value is -1.07. The van der Waals surface area contributed by atoms with Crippen molar-refractivity contribution in [1.82, 2.24) is 5.32 Å². The minimum atomic E-state index is -3.80. The first-order chi connectivity index (χ1) is 8.97. The van der Waals surface area contributed by atoms with Crippen LogP contribution in [0.3, 0.4) is 0 Å². The van der Waals surface area contributed by atoms with Crippen molar-refractivity contribution >= 4 is 25.6 Å². The number of carbonyl (C=O) groups excluding carboxylic acids is 1. The van der Waals surface area contributed by atoms with Gasteiger partial charge >= 0.3 is 0 Å². The van der Waals surface area contributed by atoms with Crippen LogP contribution in [0.4, 0.5) is 0 Å². The summed E-state index contributed by atoms with van der Waals surface area (Å²) in [5, 5.41) is 2.80. The van der Waals surface area contributed by atoms with Gasteiger partial charge in [0.15, 0.2) is 0 Å². The molecular weight excluding hydrogens is 286 g/mol. The minimum Gasteiger partial charge on any atom is -0.352 e. The summed E-state index contributed by atoms with van der Waals surface area (Å²) in [4.78, 5) is 11.8. The molecule has 0 saturated heterocycles. The molecule has 6 heteroatoms. The van der Waals surface area contributed by atoms with Crippen LogP contribution in [0.2, 0.25) is 0 Å². The van der Waals surface area contributed by atoms with Gasteiger partial charge in [0.05, 0.1) is 4.90 Å². The molecule has 0 atom stereocenters. The predicted molar refractivity (Wildman–Crippen MR) is 73.8 cm³/mol. The lowest BCUT2D eigenvalue weighted by Crippen LogP contribution is -2.27. The molecule has 1 saturated carbocycles. The summed E-state index contributed by atoms with van der Waals surface area (Å²) in [5.41, 5.74) is 0.315. The molecule has 0 aromatic heterocycles. The summed E-state index contributed by atoms with van der Waals surface area (Å²) in [6.45, 7) is 0.626. The van der Waals surface area contributed by atoms with Crippen molar-refractivity contribution in [3.05, 3.63) is 29.8 Å². The Balaban J connectivity index is 1.94. The Labute approximate surface area is 117 Å². The van der Waals surface area contributed by atoms with Gasteiger partial charge in [0.1, 0.15) is 0 Å². The zero-order valence-corrected chi connectivity index (χ0v) is 12.0. The maximum Gasteiger partial charge on any atom is 0.261 e. The van der Waals surface area contributed by atoms with Gasteiger partial charge in [-0.15, -0.1) is 0 Å². The monoisotopic (exact) mass is 301 g/mol. The highest BCUT2D eigenvalue weighted by atomic mass is 35.7. The van der Waals surface area contributed by atoms with Gasteiger partial charge in [-0.2, -0.15) is 0 Å². The molecule has 0 aliphatic heterocycles. The molecule has 0 radical (unpaired) electrons. The first-order valence-electron chi connectivity index (χ1n) is 6.30. The summed E-state index contributed by atoms with van der Waals surface area (Å²) in [7, 11) is 1.45. The second kappa shape index (κ2) is 5.92. The van der Waals surface area contributed by atoms with Gasteiger partial charge in [-0.3, -0.25) is 4.79 Å². The van der Waals surface area contributed by atoms with Gasteiger partial charge in [0, 0.05) is 22.8 Å². The van der Waals surface area contributed by atoms with E-state index >= 15 is 0 Å². The maximum absolute atomic E-state index is 11.9. The van der Waals surface area contributed by atoms with Crippen molar-refractivity contribution in [2.75, 3.05) is 6.54 Å². The molecule has 1 aliphatic rings. The average Bonchev–Trinajstić information content (AvgIpc) is 2.31. The van der Waals surface area contributed by atoms with Gasteiger partial charge in [-0.25, -0.2) is 8.42 Å². The van der Waals surface area contributed by atoms with Crippen molar-refractivity contribution < 1.29 is 13.2 Å². The third-order valence-corrected chi connectivity index (χ3v) is 4.79. The molecule has 1 fully saturated rings. The van der Waals surface area contributed by atoms with Crippen LogP contribution in [0.25, 0.3) is 0 Å². The number of amides is 1. The smallest absolute Gasteiger partial charge is 0.261 e. The molecule has 0 bridgehead atoms. The molecule has 0 spiro atoms. The lowest BCUT2D eigenvalue weighted by molar-refractivity contribution is 0.0949. The topological polar surface area (TPSA) is 63.2 Å². The number of hydrogen-bond donors (Lipinski definition) is 1. The SMILES string of the molecule is O=C(NCCC1CCC1)c1cccc(S(=O)(=O)Cl)c1. The largest absolute Gasteiger partial charge is 0.352 e. The third kappa shape index (κ3) is 3.94. The van der Waals surface area contributed by atoms with Gasteiger partial charge in [0.2, 0.25) is 0 Å². The first-order valence-corrected chi connectivity index (χ1v) is 8.60. The van der Waals surface area contributed by atoms with Crippen LogP contribution in [0.15, 0.2) is 29.2 Å². The van der Waals surface area contributed by atoms with E-state index in [1.807, 2.05) is 0 Å². The molecule has 104 valence electrons. The minimum absolute atomic E-state index is 0.0548. The number of hydrogen-bond acceptors (Lipinski definition) is 3. The van der Waals surface area contributed by atoms with E-state index in [0.717, 1.165) is 12.3 Å². The highest BCUT2D eigenvalue weighted by Crippen LogP contribution is 2.28. The second-order valence-corrected chi connectivity index (χ2v) is 7.37. The first kappa shape index (κ1) is 14.3. The summed E-state index contributed by atoms with van der Waals surface area (Å²) in [6.07, 6.45) is 4.76. The molecule has 4 nitrogen and oxygen atoms in total. The number of benzene rings is 1. The van der Waals surface area contributed by atoms with E-state index in [-0.39, 0.29) is 10.8 Å². The van der Waals surface area contributed by atoms with E-state index in [9.17, 15) is 13.2 Å². The molecule has 0 heterocycles. The normalized spacial score (nSPS) is 15.8. The van der Waals surface area contributed by atoms with Crippen molar-refractivity contribution in [3.63, 3.8) is 0 Å². The third-order valence-electron chi connectivity index (χ3n) is 3.44. The van der Waals surface area contributed by atoms with Crippen molar-refractivity contribution in [3.8, 4) is 0 Å². The van der Waals surface area contributed by atoms with E-state index in [1.165, 1.54) is 37.5 Å². The molecule has 0 unspecified atom stereocenters. The Morgan fingerprint density at radius 1 is 1.37 bits per heavy atom. The lowest BCUT2D eigenvalue weighted by Gasteiger charge is -2.25. The molecular formula is C13H16ClNO3S. The molecule has 19 heavy (non-hydrogen) atoms. The van der Waals surface area contributed by atoms with E-state index in [2.05, 4.69) is 5.32 Å². The molecule has 1 amide bonds. The fourth-order valence-corrected chi connectivity index (χ4v) is 2.86. The van der Waals surface area contributed by atoms with Crippen molar-refractivity contribution in [1.29, 1.82) is 0 Å². The standard InChI is InChI=1S/C13H16ClNO3S/c14-19(17,18)12-6-2-5-11(9-12)13(16)15-8-7-10-3-1-4-10/h2,5-6,9-10H,1,3-4,7-8H2,(H,15,16). The Bertz CT molecular complexity index is 567. The van der Waals surface area contributed by atoms with E-state index < -0.39 is 9.05 Å². The molecule has 2 rings (SSSR count). The van der Waals surface area contributed by atoms with Crippen molar-refractivity contribution in [2.24, 2.45) is 5.92 Å².